The van der Waals surface area contributed by atoms with E-state index in [1.165, 1.54) is 6.07 Å². The van der Waals surface area contributed by atoms with Crippen LogP contribution >= 0.6 is 0 Å². The Morgan fingerprint density at radius 1 is 1.18 bits per heavy atom. The third-order valence-corrected chi connectivity index (χ3v) is 2.19. The number of benzene rings is 1. The largest absolute Gasteiger partial charge is 0.478 e. The fraction of sp³-hybridized carbons (Fsp3) is 0.0769. The maximum absolute atomic E-state index is 11.0. The molecule has 0 saturated carbocycles. The monoisotopic (exact) mass is 229 g/mol. The van der Waals surface area contributed by atoms with Crippen molar-refractivity contribution in [3.05, 3.63) is 53.7 Å². The van der Waals surface area contributed by atoms with E-state index in [0.29, 0.717) is 5.88 Å². The Kier molecular flexibility index (Phi) is 3.05. The summed E-state index contributed by atoms with van der Waals surface area (Å²) in [5.74, 6) is -0.343. The number of hydrogen-bond donors (Lipinski definition) is 1. The number of nitrogens with zero attached hydrogens (tertiary/aromatic N) is 1. The van der Waals surface area contributed by atoms with Gasteiger partial charge in [0.15, 0.2) is 0 Å². The van der Waals surface area contributed by atoms with Gasteiger partial charge in [-0.3, -0.25) is 0 Å². The van der Waals surface area contributed by atoms with Crippen LogP contribution in [-0.4, -0.2) is 16.1 Å². The second-order valence-corrected chi connectivity index (χ2v) is 3.52. The molecule has 4 heteroatoms. The summed E-state index contributed by atoms with van der Waals surface area (Å²) in [6, 6.07) is 11.8. The average molecular weight is 229 g/mol. The van der Waals surface area contributed by atoms with Crippen molar-refractivity contribution in [2.75, 3.05) is 0 Å². The number of aryl methyl sites for hydroxylation is 1. The molecule has 0 unspecified atom stereocenters. The highest BCUT2D eigenvalue weighted by molar-refractivity contribution is 5.90. The number of aromatic nitrogens is 1. The van der Waals surface area contributed by atoms with Gasteiger partial charge >= 0.3 is 5.97 Å². The second kappa shape index (κ2) is 4.65. The quantitative estimate of drug-likeness (QED) is 0.879. The zero-order valence-electron chi connectivity index (χ0n) is 9.25. The number of ether oxygens (including phenoxy) is 1. The summed E-state index contributed by atoms with van der Waals surface area (Å²) in [5.41, 5.74) is 0.936. The summed E-state index contributed by atoms with van der Waals surface area (Å²) < 4.78 is 5.46. The van der Waals surface area contributed by atoms with Crippen LogP contribution in [0.5, 0.6) is 11.6 Å². The molecule has 4 nitrogen and oxygen atoms in total. The minimum Gasteiger partial charge on any atom is -0.478 e. The van der Waals surface area contributed by atoms with Crippen molar-refractivity contribution in [3.63, 3.8) is 0 Å². The summed E-state index contributed by atoms with van der Waals surface area (Å²) in [6.45, 7) is 1.84. The Labute approximate surface area is 98.5 Å². The van der Waals surface area contributed by atoms with E-state index in [2.05, 4.69) is 4.98 Å². The molecular weight excluding hydrogens is 218 g/mol. The van der Waals surface area contributed by atoms with Crippen molar-refractivity contribution < 1.29 is 14.6 Å². The molecule has 0 amide bonds. The molecule has 17 heavy (non-hydrogen) atoms. The topological polar surface area (TPSA) is 59.4 Å². The highest BCUT2D eigenvalue weighted by atomic mass is 16.5. The van der Waals surface area contributed by atoms with Gasteiger partial charge in [0, 0.05) is 11.8 Å². The number of aromatic carboxylic acids is 1. The lowest BCUT2D eigenvalue weighted by molar-refractivity contribution is 0.0694. The van der Waals surface area contributed by atoms with Crippen molar-refractivity contribution in [1.82, 2.24) is 4.98 Å². The van der Waals surface area contributed by atoms with Crippen LogP contribution < -0.4 is 4.74 Å². The normalized spacial score (nSPS) is 9.94. The highest BCUT2D eigenvalue weighted by Gasteiger charge is 2.11. The van der Waals surface area contributed by atoms with Gasteiger partial charge in [0.25, 0.3) is 0 Å². The molecule has 0 aliphatic rings. The smallest absolute Gasteiger partial charge is 0.339 e. The lowest BCUT2D eigenvalue weighted by Gasteiger charge is -2.07. The molecule has 0 saturated heterocycles. The number of para-hydroxylation sites is 1. The number of hydrogen-bond acceptors (Lipinski definition) is 3. The molecule has 0 aliphatic heterocycles. The van der Waals surface area contributed by atoms with Crippen molar-refractivity contribution in [2.24, 2.45) is 0 Å². The van der Waals surface area contributed by atoms with Crippen LogP contribution in [0.2, 0.25) is 0 Å². The van der Waals surface area contributed by atoms with E-state index >= 15 is 0 Å². The van der Waals surface area contributed by atoms with E-state index in [1.807, 2.05) is 13.0 Å². The molecule has 2 aromatic rings. The lowest BCUT2D eigenvalue weighted by Crippen LogP contribution is -2.00. The maximum atomic E-state index is 11.0. The van der Waals surface area contributed by atoms with Crippen molar-refractivity contribution >= 4 is 5.97 Å². The highest BCUT2D eigenvalue weighted by Crippen LogP contribution is 2.23. The number of rotatable bonds is 3. The van der Waals surface area contributed by atoms with E-state index < -0.39 is 5.97 Å². The fourth-order valence-electron chi connectivity index (χ4n) is 1.42. The fourth-order valence-corrected chi connectivity index (χ4v) is 1.42. The van der Waals surface area contributed by atoms with Gasteiger partial charge < -0.3 is 9.84 Å². The molecule has 1 N–H and O–H groups in total. The first-order chi connectivity index (χ1) is 8.16. The minimum atomic E-state index is -1.02. The zero-order chi connectivity index (χ0) is 12.3. The van der Waals surface area contributed by atoms with Gasteiger partial charge in [-0.15, -0.1) is 0 Å². The molecule has 2 rings (SSSR count). The van der Waals surface area contributed by atoms with Gasteiger partial charge in [-0.2, -0.15) is 0 Å². The van der Waals surface area contributed by atoms with E-state index in [1.54, 1.807) is 30.3 Å². The van der Waals surface area contributed by atoms with Crippen LogP contribution in [0.15, 0.2) is 42.5 Å². The van der Waals surface area contributed by atoms with E-state index in [0.717, 1.165) is 5.69 Å². The number of carboxylic acids is 1. The zero-order valence-corrected chi connectivity index (χ0v) is 9.25. The average Bonchev–Trinajstić information content (AvgIpc) is 2.29. The van der Waals surface area contributed by atoms with Crippen molar-refractivity contribution in [3.8, 4) is 11.6 Å². The summed E-state index contributed by atoms with van der Waals surface area (Å²) in [4.78, 5) is 15.1. The number of carbonyl (C=O) groups is 1. The Hall–Kier alpha value is -2.36. The van der Waals surface area contributed by atoms with Crippen LogP contribution in [-0.2, 0) is 0 Å². The minimum absolute atomic E-state index is 0.121. The van der Waals surface area contributed by atoms with Gasteiger partial charge in [0.2, 0.25) is 5.88 Å². The van der Waals surface area contributed by atoms with Crippen LogP contribution in [0, 0.1) is 6.92 Å². The molecule has 0 radical (unpaired) electrons. The molecule has 0 aliphatic carbocycles. The third kappa shape index (κ3) is 2.60. The second-order valence-electron chi connectivity index (χ2n) is 3.52. The molecule has 86 valence electrons. The Balaban J connectivity index is 2.33. The van der Waals surface area contributed by atoms with Gasteiger partial charge in [-0.1, -0.05) is 18.2 Å². The van der Waals surface area contributed by atoms with Crippen LogP contribution in [0.4, 0.5) is 0 Å². The Bertz CT molecular complexity index is 552. The molecule has 0 spiro atoms. The van der Waals surface area contributed by atoms with Gasteiger partial charge in [0.1, 0.15) is 11.3 Å². The van der Waals surface area contributed by atoms with Gasteiger partial charge in [0.05, 0.1) is 0 Å². The SMILES string of the molecule is Cc1cccc(Oc2ccccc2C(=O)O)n1. The van der Waals surface area contributed by atoms with Crippen LogP contribution in [0.3, 0.4) is 0 Å². The third-order valence-electron chi connectivity index (χ3n) is 2.19. The molecule has 1 aromatic carbocycles. The Morgan fingerprint density at radius 2 is 1.94 bits per heavy atom. The Morgan fingerprint density at radius 3 is 2.65 bits per heavy atom. The van der Waals surface area contributed by atoms with Gasteiger partial charge in [-0.25, -0.2) is 9.78 Å². The van der Waals surface area contributed by atoms with E-state index in [9.17, 15) is 4.79 Å². The van der Waals surface area contributed by atoms with E-state index in [-0.39, 0.29) is 11.3 Å². The maximum Gasteiger partial charge on any atom is 0.339 e. The molecule has 1 heterocycles. The van der Waals surface area contributed by atoms with Crippen molar-refractivity contribution in [2.45, 2.75) is 6.92 Å². The standard InChI is InChI=1S/C13H11NO3/c1-9-5-4-8-12(14-9)17-11-7-3-2-6-10(11)13(15)16/h2-8H,1H3,(H,15,16). The first kappa shape index (κ1) is 11.1. The summed E-state index contributed by atoms with van der Waals surface area (Å²) in [6.07, 6.45) is 0. The number of pyridine rings is 1. The summed E-state index contributed by atoms with van der Waals surface area (Å²) >= 11 is 0. The lowest BCUT2D eigenvalue weighted by atomic mass is 10.2. The summed E-state index contributed by atoms with van der Waals surface area (Å²) in [5, 5.41) is 9.00. The van der Waals surface area contributed by atoms with Crippen LogP contribution in [0.25, 0.3) is 0 Å². The first-order valence-corrected chi connectivity index (χ1v) is 5.10. The van der Waals surface area contributed by atoms with Crippen LogP contribution in [0.1, 0.15) is 16.1 Å². The van der Waals surface area contributed by atoms with Gasteiger partial charge in [-0.05, 0) is 25.1 Å². The molecule has 0 bridgehead atoms. The molecule has 0 atom stereocenters. The molecule has 1 aromatic heterocycles. The molecular formula is C13H11NO3. The summed E-state index contributed by atoms with van der Waals surface area (Å²) in [7, 11) is 0. The predicted molar refractivity (Wildman–Crippen MR) is 62.4 cm³/mol. The van der Waals surface area contributed by atoms with Crippen molar-refractivity contribution in [1.29, 1.82) is 0 Å². The van der Waals surface area contributed by atoms with E-state index in [4.69, 9.17) is 9.84 Å². The first-order valence-electron chi connectivity index (χ1n) is 5.10. The predicted octanol–water partition coefficient (Wildman–Crippen LogP) is 2.88. The molecule has 0 fully saturated rings. The number of carboxylic acid groups (broad SMARTS) is 1.